The lowest BCUT2D eigenvalue weighted by Crippen LogP contribution is -2.62. The van der Waals surface area contributed by atoms with Crippen LogP contribution in [0.25, 0.3) is 0 Å². The van der Waals surface area contributed by atoms with Crippen molar-refractivity contribution in [2.24, 2.45) is 40.9 Å². The van der Waals surface area contributed by atoms with Gasteiger partial charge in [-0.2, -0.15) is 11.8 Å². The summed E-state index contributed by atoms with van der Waals surface area (Å²) in [5, 5.41) is 80.9. The van der Waals surface area contributed by atoms with Crippen LogP contribution in [0.2, 0.25) is 0 Å². The Hall–Kier alpha value is -10.8. The monoisotopic (exact) mass is 1590 g/mol. The molecule has 0 aliphatic heterocycles. The zero-order chi connectivity index (χ0) is 84.2. The molecule has 0 radical (unpaired) electrons. The minimum Gasteiger partial charge on any atom is -0.508 e. The average molecular weight is 1590 g/mol. The van der Waals surface area contributed by atoms with Crippen LogP contribution in [0.5, 0.6) is 5.75 Å². The maximum absolute atomic E-state index is 14.8. The fourth-order valence-corrected chi connectivity index (χ4v) is 11.7. The molecule has 3 aromatic carbocycles. The number of hydrogen-bond acceptors (Lipinski definition) is 21. The van der Waals surface area contributed by atoms with Crippen molar-refractivity contribution >= 4 is 106 Å². The first-order valence-corrected chi connectivity index (χ1v) is 38.1. The lowest BCUT2D eigenvalue weighted by molar-refractivity contribution is -0.143. The number of benzene rings is 3. The van der Waals surface area contributed by atoms with Crippen LogP contribution in [0.4, 0.5) is 0 Å². The molecule has 0 unspecified atom stereocenters. The van der Waals surface area contributed by atoms with Crippen molar-refractivity contribution in [1.82, 2.24) is 63.8 Å². The van der Waals surface area contributed by atoms with E-state index in [-0.39, 0.29) is 49.2 Å². The molecule has 3 aromatic rings. The second kappa shape index (κ2) is 48.1. The van der Waals surface area contributed by atoms with Gasteiger partial charge in [-0.1, -0.05) is 128 Å². The molecule has 23 N–H and O–H groups in total. The van der Waals surface area contributed by atoms with Gasteiger partial charge in [-0.05, 0) is 104 Å². The number of carbonyl (C=O) groups is 16. The molecule has 0 aliphatic rings. The number of carboxylic acid groups (broad SMARTS) is 2. The van der Waals surface area contributed by atoms with E-state index in [4.69, 9.17) is 17.2 Å². The molecule has 37 heteroatoms. The molecule has 36 nitrogen and oxygen atoms in total. The zero-order valence-corrected chi connectivity index (χ0v) is 65.4. The highest BCUT2D eigenvalue weighted by Gasteiger charge is 2.39. The maximum atomic E-state index is 14.8. The fourth-order valence-electron chi connectivity index (χ4n) is 11.2. The minimum absolute atomic E-state index is 0.0174. The van der Waals surface area contributed by atoms with Gasteiger partial charge in [0.05, 0.1) is 25.2 Å². The Morgan fingerprint density at radius 1 is 0.384 bits per heavy atom. The van der Waals surface area contributed by atoms with Crippen LogP contribution in [0.1, 0.15) is 130 Å². The van der Waals surface area contributed by atoms with Crippen molar-refractivity contribution in [2.75, 3.05) is 18.6 Å². The zero-order valence-electron chi connectivity index (χ0n) is 64.6. The van der Waals surface area contributed by atoms with Crippen LogP contribution in [0.15, 0.2) is 84.9 Å². The van der Waals surface area contributed by atoms with Crippen LogP contribution >= 0.6 is 11.8 Å². The van der Waals surface area contributed by atoms with Gasteiger partial charge in [0.25, 0.3) is 0 Å². The van der Waals surface area contributed by atoms with E-state index in [9.17, 15) is 102 Å². The Morgan fingerprint density at radius 2 is 0.732 bits per heavy atom. The van der Waals surface area contributed by atoms with Crippen LogP contribution in [0, 0.1) is 23.7 Å². The van der Waals surface area contributed by atoms with E-state index < -0.39 is 237 Å². The molecule has 0 aliphatic carbocycles. The first kappa shape index (κ1) is 95.4. The number of nitrogens with one attached hydrogen (secondary N) is 12. The van der Waals surface area contributed by atoms with Gasteiger partial charge in [0, 0.05) is 32.1 Å². The Bertz CT molecular complexity index is 3690. The first-order chi connectivity index (χ1) is 52.6. The van der Waals surface area contributed by atoms with E-state index in [2.05, 4.69) is 63.8 Å². The molecule has 0 saturated heterocycles. The van der Waals surface area contributed by atoms with Crippen LogP contribution in [0.3, 0.4) is 0 Å². The third-order valence-electron chi connectivity index (χ3n) is 17.5. The predicted molar refractivity (Wildman–Crippen MR) is 410 cm³/mol. The average Bonchev–Trinajstić information content (AvgIpc) is 0.851. The van der Waals surface area contributed by atoms with Gasteiger partial charge in [-0.15, -0.1) is 0 Å². The second-order valence-corrected chi connectivity index (χ2v) is 29.7. The summed E-state index contributed by atoms with van der Waals surface area (Å²) in [4.78, 5) is 220. The molecular formula is C75H111N15O21S. The van der Waals surface area contributed by atoms with Crippen molar-refractivity contribution in [2.45, 2.75) is 218 Å². The summed E-state index contributed by atoms with van der Waals surface area (Å²) in [6.45, 7) is 13.6. The van der Waals surface area contributed by atoms with Crippen molar-refractivity contribution in [3.8, 4) is 5.75 Å². The van der Waals surface area contributed by atoms with Gasteiger partial charge < -0.3 is 107 Å². The van der Waals surface area contributed by atoms with E-state index >= 15 is 0 Å². The number of aliphatic hydroxyl groups excluding tert-OH is 2. The van der Waals surface area contributed by atoms with E-state index in [0.29, 0.717) is 22.4 Å². The minimum atomic E-state index is -1.99. The fraction of sp³-hybridized carbons (Fsp3) is 0.547. The quantitative estimate of drug-likeness (QED) is 0.0271. The van der Waals surface area contributed by atoms with Gasteiger partial charge in [0.1, 0.15) is 78.3 Å². The third-order valence-corrected chi connectivity index (χ3v) is 18.2. The number of nitrogens with two attached hydrogens (primary N) is 3. The first-order valence-electron chi connectivity index (χ1n) is 36.7. The molecule has 0 heterocycles. The molecular weight excluding hydrogens is 1480 g/mol. The maximum Gasteiger partial charge on any atom is 0.326 e. The molecule has 0 spiro atoms. The van der Waals surface area contributed by atoms with Crippen molar-refractivity contribution in [1.29, 1.82) is 0 Å². The number of phenolic OH excluding ortho intramolecular Hbond substituents is 1. The van der Waals surface area contributed by atoms with Crippen molar-refractivity contribution < 1.29 is 102 Å². The van der Waals surface area contributed by atoms with Crippen molar-refractivity contribution in [3.63, 3.8) is 0 Å². The largest absolute Gasteiger partial charge is 0.508 e. The van der Waals surface area contributed by atoms with Crippen LogP contribution < -0.4 is 81.0 Å². The number of thioether (sulfide) groups is 1. The lowest BCUT2D eigenvalue weighted by atomic mass is 9.99. The molecule has 618 valence electrons. The third kappa shape index (κ3) is 34.2. The number of carboxylic acids is 2. The van der Waals surface area contributed by atoms with E-state index in [1.54, 1.807) is 110 Å². The Morgan fingerprint density at radius 3 is 1.14 bits per heavy atom. The molecule has 0 fully saturated rings. The Kier molecular flexibility index (Phi) is 41.0. The molecule has 0 saturated carbocycles. The number of hydrogen-bond donors (Lipinski definition) is 20. The molecule has 112 heavy (non-hydrogen) atoms. The van der Waals surface area contributed by atoms with Crippen LogP contribution in [-0.2, 0) is 96.0 Å². The standard InChI is InChI=1S/C75H111N15O21S/c1-38(2)31-50(82-71(106)56(37-91)88-73(108)61(41(7)8)89-72(107)60(78)40(5)6)66(101)83-52(35-45-21-23-46(93)24-22-45)69(104)85-54(36-58(77)95)70(105)84-51(33-43-17-13-11-14-18-43)67(102)80-48(26-28-59(96)97)63(98)79-47(25-27-57(76)94)65(100)90-62(42(9)92)74(109)86-53(34-44-19-15-12-16-20-44)68(103)81-49(29-30-112-10)64(99)87-55(75(110)111)32-39(3)4/h11-24,38-42,47-56,60-62,91-93H,25-37,78H2,1-10H3,(H2,76,94)(H2,77,95)(H,79,98)(H,80,102)(H,81,103)(H,82,106)(H,83,101)(H,84,105)(H,85,104)(H,86,109)(H,87,99)(H,88,108)(H,89,107)(H,90,100)(H,96,97)(H,110,111)/t42-,47+,48+,49+,50+,51+,52+,53+,54+,55+,56+,60+,61+,62+/m1/s1. The summed E-state index contributed by atoms with van der Waals surface area (Å²) in [7, 11) is 0. The number of aliphatic carboxylic acids is 2. The Labute approximate surface area is 654 Å². The molecule has 14 atom stereocenters. The van der Waals surface area contributed by atoms with Gasteiger partial charge in [0.2, 0.25) is 82.7 Å². The molecule has 14 amide bonds. The van der Waals surface area contributed by atoms with Gasteiger partial charge >= 0.3 is 11.9 Å². The molecule has 0 bridgehead atoms. The highest BCUT2D eigenvalue weighted by molar-refractivity contribution is 7.98. The normalized spacial score (nSPS) is 15.0. The highest BCUT2D eigenvalue weighted by atomic mass is 32.2. The number of primary amides is 2. The number of phenols is 1. The van der Waals surface area contributed by atoms with E-state index in [1.807, 2.05) is 0 Å². The summed E-state index contributed by atoms with van der Waals surface area (Å²) >= 11 is 1.33. The van der Waals surface area contributed by atoms with Gasteiger partial charge in [-0.3, -0.25) is 71.9 Å². The summed E-state index contributed by atoms with van der Waals surface area (Å²) in [5.41, 5.74) is 18.3. The lowest BCUT2D eigenvalue weighted by Gasteiger charge is -2.29. The topological polar surface area (TPSA) is 597 Å². The second-order valence-electron chi connectivity index (χ2n) is 28.8. The summed E-state index contributed by atoms with van der Waals surface area (Å²) in [6, 6.07) is 0.449. The highest BCUT2D eigenvalue weighted by Crippen LogP contribution is 2.17. The molecule has 3 rings (SSSR count). The summed E-state index contributed by atoms with van der Waals surface area (Å²) in [5.74, 6) is -19.0. The van der Waals surface area contributed by atoms with Gasteiger partial charge in [0.15, 0.2) is 0 Å². The summed E-state index contributed by atoms with van der Waals surface area (Å²) in [6.07, 6.45) is -4.95. The molecule has 0 aromatic heterocycles. The number of aromatic hydroxyl groups is 1. The number of carbonyl (C=O) groups excluding carboxylic acids is 14. The number of amides is 14. The number of aliphatic hydroxyl groups is 2. The summed E-state index contributed by atoms with van der Waals surface area (Å²) < 4.78 is 0. The van der Waals surface area contributed by atoms with Crippen molar-refractivity contribution in [3.05, 3.63) is 102 Å². The van der Waals surface area contributed by atoms with Gasteiger partial charge in [-0.25, -0.2) is 4.79 Å². The Balaban J connectivity index is 2.04. The number of rotatable bonds is 50. The van der Waals surface area contributed by atoms with E-state index in [0.717, 1.165) is 6.92 Å². The smallest absolute Gasteiger partial charge is 0.326 e. The SMILES string of the molecule is CSCC[C@H](NC(=O)[C@H](Cc1ccccc1)NC(=O)[C@@H](NC(=O)[C@H](CCC(N)=O)NC(=O)[C@H](CCC(=O)O)NC(=O)[C@H](Cc1ccccc1)NC(=O)[C@H](CC(N)=O)NC(=O)[C@H](Cc1ccc(O)cc1)NC(=O)[C@H](CC(C)C)NC(=O)[C@H](CO)NC(=O)[C@@H](NC(=O)[C@@H](N)C(C)C)C(C)C)[C@@H](C)O)C(=O)N[C@@H](CC(C)C)C(=O)O. The van der Waals surface area contributed by atoms with E-state index in [1.165, 1.54) is 48.2 Å². The van der Waals surface area contributed by atoms with Crippen LogP contribution in [-0.4, -0.2) is 223 Å². The predicted octanol–water partition coefficient (Wildman–Crippen LogP) is -2.81.